The molecular formula is C29H29N3O6. The van der Waals surface area contributed by atoms with Crippen LogP contribution >= 0.6 is 0 Å². The Morgan fingerprint density at radius 1 is 0.895 bits per heavy atom. The van der Waals surface area contributed by atoms with Gasteiger partial charge in [0.1, 0.15) is 5.75 Å². The first-order valence-corrected chi connectivity index (χ1v) is 12.3. The second kappa shape index (κ2) is 10.5. The van der Waals surface area contributed by atoms with E-state index in [4.69, 9.17) is 23.9 Å². The van der Waals surface area contributed by atoms with E-state index in [0.717, 1.165) is 11.1 Å². The van der Waals surface area contributed by atoms with E-state index in [1.807, 2.05) is 59.2 Å². The Bertz CT molecular complexity index is 1480. The quantitative estimate of drug-likeness (QED) is 0.254. The lowest BCUT2D eigenvalue weighted by Crippen LogP contribution is -2.49. The molecule has 0 spiro atoms. The number of benzene rings is 3. The van der Waals surface area contributed by atoms with Crippen LogP contribution in [0.15, 0.2) is 66.7 Å². The molecule has 0 fully saturated rings. The third-order valence-corrected chi connectivity index (χ3v) is 6.72. The van der Waals surface area contributed by atoms with E-state index in [1.165, 1.54) is 21.3 Å². The second-order valence-electron chi connectivity index (χ2n) is 8.80. The van der Waals surface area contributed by atoms with E-state index in [9.17, 15) is 9.59 Å². The van der Waals surface area contributed by atoms with Crippen LogP contribution in [0.25, 0.3) is 11.0 Å². The summed E-state index contributed by atoms with van der Waals surface area (Å²) in [6, 6.07) is 19.8. The number of para-hydroxylation sites is 2. The normalized spacial score (nSPS) is 16.7. The summed E-state index contributed by atoms with van der Waals surface area (Å²) < 4.78 is 24.2. The van der Waals surface area contributed by atoms with Gasteiger partial charge in [0.25, 0.3) is 0 Å². The fourth-order valence-corrected chi connectivity index (χ4v) is 5.03. The fraction of sp³-hybridized carbons (Fsp3) is 0.276. The van der Waals surface area contributed by atoms with Crippen LogP contribution in [0.4, 0.5) is 5.95 Å². The van der Waals surface area contributed by atoms with Gasteiger partial charge in [-0.1, -0.05) is 42.5 Å². The van der Waals surface area contributed by atoms with Crippen molar-refractivity contribution in [2.75, 3.05) is 32.8 Å². The molecule has 4 aromatic rings. The highest BCUT2D eigenvalue weighted by Gasteiger charge is 2.49. The standard InChI is InChI=1S/C29H29N3O6/c1-5-38-28(34)25-26(19-15-23(36-3)24(37-4)16-22(19)35-2)32-21-14-10-9-13-20(21)30-29(32)31(27(25)33)17-18-11-7-6-8-12-18/h6-16,25-26H,5,17H2,1-4H3/t25-,26-/m0/s1. The van der Waals surface area contributed by atoms with Crippen molar-refractivity contribution in [1.29, 1.82) is 0 Å². The first-order valence-electron chi connectivity index (χ1n) is 12.3. The third-order valence-electron chi connectivity index (χ3n) is 6.72. The molecule has 0 aliphatic carbocycles. The highest BCUT2D eigenvalue weighted by Crippen LogP contribution is 2.47. The van der Waals surface area contributed by atoms with Gasteiger partial charge in [-0.2, -0.15) is 0 Å². The second-order valence-corrected chi connectivity index (χ2v) is 8.80. The zero-order valence-corrected chi connectivity index (χ0v) is 21.7. The van der Waals surface area contributed by atoms with Gasteiger partial charge in [0, 0.05) is 11.6 Å². The summed E-state index contributed by atoms with van der Waals surface area (Å²) >= 11 is 0. The number of nitrogens with zero attached hydrogens (tertiary/aromatic N) is 3. The van der Waals surface area contributed by atoms with Crippen LogP contribution in [0, 0.1) is 5.92 Å². The Morgan fingerprint density at radius 3 is 2.24 bits per heavy atom. The summed E-state index contributed by atoms with van der Waals surface area (Å²) in [5.41, 5.74) is 2.94. The van der Waals surface area contributed by atoms with Crippen molar-refractivity contribution in [3.63, 3.8) is 0 Å². The first-order chi connectivity index (χ1) is 18.5. The molecule has 38 heavy (non-hydrogen) atoms. The van der Waals surface area contributed by atoms with E-state index in [-0.39, 0.29) is 13.2 Å². The number of amides is 1. The van der Waals surface area contributed by atoms with E-state index in [0.29, 0.717) is 34.3 Å². The van der Waals surface area contributed by atoms with Gasteiger partial charge in [0.05, 0.1) is 51.6 Å². The molecule has 1 amide bonds. The molecular weight excluding hydrogens is 486 g/mol. The van der Waals surface area contributed by atoms with Crippen LogP contribution in [0.3, 0.4) is 0 Å². The molecule has 1 aliphatic rings. The molecule has 2 atom stereocenters. The number of imidazole rings is 1. The number of hydrogen-bond donors (Lipinski definition) is 0. The van der Waals surface area contributed by atoms with E-state index >= 15 is 0 Å². The van der Waals surface area contributed by atoms with Gasteiger partial charge in [-0.05, 0) is 30.7 Å². The van der Waals surface area contributed by atoms with Crippen molar-refractivity contribution < 1.29 is 28.5 Å². The van der Waals surface area contributed by atoms with Crippen molar-refractivity contribution in [1.82, 2.24) is 9.55 Å². The fourth-order valence-electron chi connectivity index (χ4n) is 5.03. The molecule has 0 unspecified atom stereocenters. The molecule has 0 saturated heterocycles. The summed E-state index contributed by atoms with van der Waals surface area (Å²) in [4.78, 5) is 34.2. The van der Waals surface area contributed by atoms with Crippen molar-refractivity contribution in [2.24, 2.45) is 5.92 Å². The molecule has 196 valence electrons. The lowest BCUT2D eigenvalue weighted by molar-refractivity contribution is -0.153. The lowest BCUT2D eigenvalue weighted by Gasteiger charge is -2.38. The summed E-state index contributed by atoms with van der Waals surface area (Å²) in [7, 11) is 4.59. The van der Waals surface area contributed by atoms with Crippen LogP contribution < -0.4 is 19.1 Å². The molecule has 1 aromatic heterocycles. The zero-order chi connectivity index (χ0) is 26.8. The van der Waals surface area contributed by atoms with Crippen LogP contribution in [0.1, 0.15) is 24.1 Å². The molecule has 0 radical (unpaired) electrons. The largest absolute Gasteiger partial charge is 0.496 e. The molecule has 9 nitrogen and oxygen atoms in total. The summed E-state index contributed by atoms with van der Waals surface area (Å²) in [5.74, 6) is -0.452. The van der Waals surface area contributed by atoms with Gasteiger partial charge in [0.2, 0.25) is 11.9 Å². The topological polar surface area (TPSA) is 92.1 Å². The van der Waals surface area contributed by atoms with Gasteiger partial charge in [0.15, 0.2) is 17.4 Å². The van der Waals surface area contributed by atoms with Crippen LogP contribution in [-0.2, 0) is 20.9 Å². The Labute approximate surface area is 220 Å². The van der Waals surface area contributed by atoms with E-state index < -0.39 is 23.8 Å². The number of hydrogen-bond acceptors (Lipinski definition) is 7. The number of ether oxygens (including phenoxy) is 4. The van der Waals surface area contributed by atoms with Gasteiger partial charge >= 0.3 is 5.97 Å². The van der Waals surface area contributed by atoms with Gasteiger partial charge < -0.3 is 23.5 Å². The molecule has 5 rings (SSSR count). The van der Waals surface area contributed by atoms with Gasteiger partial charge in [-0.15, -0.1) is 0 Å². The average Bonchev–Trinajstić information content (AvgIpc) is 3.33. The number of aromatic nitrogens is 2. The van der Waals surface area contributed by atoms with Crippen molar-refractivity contribution in [2.45, 2.75) is 19.5 Å². The number of carbonyl (C=O) groups excluding carboxylic acids is 2. The number of rotatable bonds is 8. The van der Waals surface area contributed by atoms with E-state index in [2.05, 4.69) is 0 Å². The predicted octanol–water partition coefficient (Wildman–Crippen LogP) is 4.38. The molecule has 2 heterocycles. The van der Waals surface area contributed by atoms with Crippen molar-refractivity contribution in [3.8, 4) is 17.2 Å². The van der Waals surface area contributed by atoms with Gasteiger partial charge in [-0.3, -0.25) is 14.5 Å². The maximum Gasteiger partial charge on any atom is 0.321 e. The Morgan fingerprint density at radius 2 is 1.55 bits per heavy atom. The number of methoxy groups -OCH3 is 3. The van der Waals surface area contributed by atoms with Crippen LogP contribution in [0.2, 0.25) is 0 Å². The zero-order valence-electron chi connectivity index (χ0n) is 21.7. The summed E-state index contributed by atoms with van der Waals surface area (Å²) in [5, 5.41) is 0. The third kappa shape index (κ3) is 4.19. The highest BCUT2D eigenvalue weighted by atomic mass is 16.5. The maximum absolute atomic E-state index is 14.2. The maximum atomic E-state index is 14.2. The molecule has 0 saturated carbocycles. The summed E-state index contributed by atoms with van der Waals surface area (Å²) in [6.45, 7) is 2.10. The Kier molecular flexibility index (Phi) is 6.91. The number of esters is 1. The number of carbonyl (C=O) groups is 2. The minimum atomic E-state index is -1.20. The Balaban J connectivity index is 1.80. The molecule has 9 heteroatoms. The van der Waals surface area contributed by atoms with Crippen molar-refractivity contribution >= 4 is 28.9 Å². The molecule has 0 N–H and O–H groups in total. The molecule has 0 bridgehead atoms. The number of anilines is 1. The SMILES string of the molecule is CCOC(=O)[C@@H]1C(=O)N(Cc2ccccc2)c2nc3ccccc3n2[C@H]1c1cc(OC)c(OC)cc1OC. The molecule has 1 aliphatic heterocycles. The number of fused-ring (bicyclic) bond motifs is 3. The first kappa shape index (κ1) is 25.1. The summed E-state index contributed by atoms with van der Waals surface area (Å²) in [6.07, 6.45) is 0. The predicted molar refractivity (Wildman–Crippen MR) is 142 cm³/mol. The minimum Gasteiger partial charge on any atom is -0.496 e. The Hall–Kier alpha value is -4.53. The smallest absolute Gasteiger partial charge is 0.321 e. The van der Waals surface area contributed by atoms with E-state index in [1.54, 1.807) is 24.0 Å². The average molecular weight is 516 g/mol. The minimum absolute atomic E-state index is 0.134. The molecule has 3 aromatic carbocycles. The van der Waals surface area contributed by atoms with Gasteiger partial charge in [-0.25, -0.2) is 4.98 Å². The lowest BCUT2D eigenvalue weighted by atomic mass is 9.88. The highest BCUT2D eigenvalue weighted by molar-refractivity contribution is 6.08. The van der Waals surface area contributed by atoms with Crippen molar-refractivity contribution in [3.05, 3.63) is 77.9 Å². The monoisotopic (exact) mass is 515 g/mol. The van der Waals surface area contributed by atoms with Crippen LogP contribution in [-0.4, -0.2) is 49.4 Å². The van der Waals surface area contributed by atoms with Crippen LogP contribution in [0.5, 0.6) is 17.2 Å².